The summed E-state index contributed by atoms with van der Waals surface area (Å²) in [6.45, 7) is 3.43. The monoisotopic (exact) mass is 287 g/mol. The molecule has 0 aliphatic carbocycles. The van der Waals surface area contributed by atoms with Gasteiger partial charge in [-0.25, -0.2) is 0 Å². The molecular formula is C11H17NO6Si. The largest absolute Gasteiger partial charge is 0.705 e. The first kappa shape index (κ1) is 17.1. The van der Waals surface area contributed by atoms with Crippen LogP contribution in [0.15, 0.2) is 0 Å². The van der Waals surface area contributed by atoms with E-state index in [0.717, 1.165) is 20.8 Å². The second kappa shape index (κ2) is 8.26. The molecule has 0 bridgehead atoms. The van der Waals surface area contributed by atoms with E-state index in [4.69, 9.17) is 18.5 Å². The zero-order valence-electron chi connectivity index (χ0n) is 11.2. The van der Waals surface area contributed by atoms with Crippen LogP contribution in [0.3, 0.4) is 0 Å². The van der Waals surface area contributed by atoms with Crippen LogP contribution in [0.1, 0.15) is 40.0 Å². The maximum atomic E-state index is 11.1. The van der Waals surface area contributed by atoms with Gasteiger partial charge >= 0.3 is 8.80 Å². The summed E-state index contributed by atoms with van der Waals surface area (Å²) >= 11 is 0. The van der Waals surface area contributed by atoms with E-state index in [1.165, 1.54) is 0 Å². The second-order valence-electron chi connectivity index (χ2n) is 3.83. The molecule has 19 heavy (non-hydrogen) atoms. The molecule has 0 unspecified atom stereocenters. The number of nitrogens with zero attached hydrogens (tertiary/aromatic N) is 1. The first-order valence-electron chi connectivity index (χ1n) is 5.77. The Morgan fingerprint density at radius 3 is 1.68 bits per heavy atom. The minimum atomic E-state index is -3.69. The summed E-state index contributed by atoms with van der Waals surface area (Å²) in [7, 11) is -3.69. The molecule has 7 nitrogen and oxygen atoms in total. The molecule has 0 radical (unpaired) electrons. The molecule has 106 valence electrons. The quantitative estimate of drug-likeness (QED) is 0.513. The lowest BCUT2D eigenvalue weighted by molar-refractivity contribution is -0.147. The third-order valence-corrected chi connectivity index (χ3v) is 4.68. The summed E-state index contributed by atoms with van der Waals surface area (Å²) in [4.78, 5) is 33.3. The van der Waals surface area contributed by atoms with Crippen molar-refractivity contribution >= 4 is 26.7 Å². The fraction of sp³-hybridized carbons (Fsp3) is 0.636. The lowest BCUT2D eigenvalue weighted by Crippen LogP contribution is -2.49. The lowest BCUT2D eigenvalue weighted by atomic mass is 10.3. The molecular weight excluding hydrogens is 270 g/mol. The van der Waals surface area contributed by atoms with Crippen molar-refractivity contribution in [3.05, 3.63) is 0 Å². The number of nitriles is 1. The number of carbonyl (C=O) groups excluding carboxylic acids is 3. The van der Waals surface area contributed by atoms with Crippen molar-refractivity contribution in [3.63, 3.8) is 0 Å². The van der Waals surface area contributed by atoms with E-state index in [-0.39, 0.29) is 6.04 Å². The molecule has 0 aromatic rings. The summed E-state index contributed by atoms with van der Waals surface area (Å²) in [5, 5.41) is 8.44. The van der Waals surface area contributed by atoms with Crippen LogP contribution in [0.2, 0.25) is 6.04 Å². The van der Waals surface area contributed by atoms with Gasteiger partial charge in [-0.15, -0.1) is 0 Å². The smallest absolute Gasteiger partial charge is 0.455 e. The second-order valence-corrected chi connectivity index (χ2v) is 6.31. The minimum Gasteiger partial charge on any atom is -0.455 e. The zero-order chi connectivity index (χ0) is 14.9. The lowest BCUT2D eigenvalue weighted by Gasteiger charge is -2.26. The van der Waals surface area contributed by atoms with Crippen molar-refractivity contribution in [2.45, 2.75) is 46.1 Å². The minimum absolute atomic E-state index is 0.118. The Hall–Kier alpha value is -1.88. The molecule has 0 spiro atoms. The first-order valence-corrected chi connectivity index (χ1v) is 7.70. The van der Waals surface area contributed by atoms with Gasteiger partial charge in [-0.3, -0.25) is 14.4 Å². The van der Waals surface area contributed by atoms with E-state index < -0.39 is 26.7 Å². The van der Waals surface area contributed by atoms with Gasteiger partial charge < -0.3 is 13.3 Å². The van der Waals surface area contributed by atoms with Crippen molar-refractivity contribution in [3.8, 4) is 6.07 Å². The van der Waals surface area contributed by atoms with Crippen LogP contribution in [-0.4, -0.2) is 26.7 Å². The Kier molecular flexibility index (Phi) is 7.44. The highest BCUT2D eigenvalue weighted by Gasteiger charge is 2.51. The van der Waals surface area contributed by atoms with E-state index in [1.807, 2.05) is 6.07 Å². The van der Waals surface area contributed by atoms with Gasteiger partial charge in [0, 0.05) is 27.2 Å². The zero-order valence-corrected chi connectivity index (χ0v) is 12.2. The van der Waals surface area contributed by atoms with Gasteiger partial charge in [-0.05, 0) is 12.8 Å². The van der Waals surface area contributed by atoms with Crippen molar-refractivity contribution < 1.29 is 27.7 Å². The van der Waals surface area contributed by atoms with Crippen LogP contribution in [0.5, 0.6) is 0 Å². The van der Waals surface area contributed by atoms with Gasteiger partial charge in [0.05, 0.1) is 12.1 Å². The molecule has 0 aromatic heterocycles. The Bertz CT molecular complexity index is 348. The van der Waals surface area contributed by atoms with Crippen molar-refractivity contribution in [1.29, 1.82) is 5.26 Å². The topological polar surface area (TPSA) is 103 Å². The van der Waals surface area contributed by atoms with Gasteiger partial charge in [-0.2, -0.15) is 5.26 Å². The number of carbonyl (C=O) groups is 3. The molecule has 8 heteroatoms. The average molecular weight is 287 g/mol. The summed E-state index contributed by atoms with van der Waals surface area (Å²) in [5.74, 6) is -2.06. The van der Waals surface area contributed by atoms with E-state index in [0.29, 0.717) is 19.3 Å². The maximum absolute atomic E-state index is 11.1. The van der Waals surface area contributed by atoms with Gasteiger partial charge in [0.25, 0.3) is 17.9 Å². The number of rotatable bonds is 7. The highest BCUT2D eigenvalue weighted by Crippen LogP contribution is 2.20. The molecule has 0 rings (SSSR count). The highest BCUT2D eigenvalue weighted by molar-refractivity contribution is 6.65. The predicted molar refractivity (Wildman–Crippen MR) is 65.3 cm³/mol. The van der Waals surface area contributed by atoms with Crippen LogP contribution < -0.4 is 0 Å². The van der Waals surface area contributed by atoms with Crippen molar-refractivity contribution in [1.82, 2.24) is 0 Å². The first-order chi connectivity index (χ1) is 8.81. The van der Waals surface area contributed by atoms with Crippen LogP contribution in [0.4, 0.5) is 0 Å². The predicted octanol–water partition coefficient (Wildman–Crippen LogP) is 1.31. The van der Waals surface area contributed by atoms with Gasteiger partial charge in [0.2, 0.25) is 0 Å². The van der Waals surface area contributed by atoms with E-state index in [9.17, 15) is 14.4 Å². The fourth-order valence-electron chi connectivity index (χ4n) is 1.42. The third kappa shape index (κ3) is 7.94. The fourth-order valence-corrected chi connectivity index (χ4v) is 3.85. The summed E-state index contributed by atoms with van der Waals surface area (Å²) in [6, 6.07) is 2.09. The van der Waals surface area contributed by atoms with Crippen LogP contribution in [0.25, 0.3) is 0 Å². The summed E-state index contributed by atoms with van der Waals surface area (Å²) in [5.41, 5.74) is 0. The summed E-state index contributed by atoms with van der Waals surface area (Å²) in [6.07, 6.45) is 1.31. The van der Waals surface area contributed by atoms with Gasteiger partial charge in [0.15, 0.2) is 0 Å². The van der Waals surface area contributed by atoms with E-state index >= 15 is 0 Å². The van der Waals surface area contributed by atoms with E-state index in [2.05, 4.69) is 0 Å². The Balaban J connectivity index is 4.88. The number of hydrogen-bond acceptors (Lipinski definition) is 7. The van der Waals surface area contributed by atoms with Crippen molar-refractivity contribution in [2.24, 2.45) is 0 Å². The molecule has 0 fully saturated rings. The molecule has 0 aliphatic heterocycles. The van der Waals surface area contributed by atoms with Crippen molar-refractivity contribution in [2.75, 3.05) is 0 Å². The molecule has 0 N–H and O–H groups in total. The standard InChI is InChI=1S/C11H17NO6Si/c1-9(13)16-19(17-10(2)14,18-11(3)15)8-6-4-5-7-12/h4-6,8H2,1-3H3. The Morgan fingerprint density at radius 2 is 1.37 bits per heavy atom. The van der Waals surface area contributed by atoms with Gasteiger partial charge in [0.1, 0.15) is 0 Å². The molecule has 0 aliphatic rings. The van der Waals surface area contributed by atoms with Gasteiger partial charge in [-0.1, -0.05) is 0 Å². The third-order valence-electron chi connectivity index (χ3n) is 1.92. The Morgan fingerprint density at radius 1 is 0.947 bits per heavy atom. The molecule has 0 atom stereocenters. The molecule has 0 saturated carbocycles. The molecule has 0 saturated heterocycles. The van der Waals surface area contributed by atoms with Crippen LogP contribution >= 0.6 is 0 Å². The highest BCUT2D eigenvalue weighted by atomic mass is 28.4. The number of hydrogen-bond donors (Lipinski definition) is 0. The normalized spacial score (nSPS) is 10.2. The average Bonchev–Trinajstić information content (AvgIpc) is 2.21. The SMILES string of the molecule is CC(=O)O[Si](CCCCC#N)(OC(C)=O)OC(C)=O. The van der Waals surface area contributed by atoms with Crippen LogP contribution in [-0.2, 0) is 27.7 Å². The van der Waals surface area contributed by atoms with Crippen LogP contribution in [0, 0.1) is 11.3 Å². The summed E-state index contributed by atoms with van der Waals surface area (Å²) < 4.78 is 14.9. The van der Waals surface area contributed by atoms with E-state index in [1.54, 1.807) is 0 Å². The maximum Gasteiger partial charge on any atom is 0.705 e. The molecule has 0 aromatic carbocycles. The molecule has 0 amide bonds. The Labute approximate surface area is 112 Å². The molecule has 0 heterocycles. The number of unbranched alkanes of at least 4 members (excludes halogenated alkanes) is 2.